The molecule has 0 saturated heterocycles. The third-order valence-electron chi connectivity index (χ3n) is 1.11. The Labute approximate surface area is 106 Å². The van der Waals surface area contributed by atoms with Gasteiger partial charge in [0.2, 0.25) is 5.91 Å². The van der Waals surface area contributed by atoms with Crippen molar-refractivity contribution >= 4 is 16.0 Å². The molecule has 2 N–H and O–H groups in total. The molecule has 0 aromatic rings. The summed E-state index contributed by atoms with van der Waals surface area (Å²) in [5.41, 5.74) is -1.25. The molecule has 0 spiro atoms. The van der Waals surface area contributed by atoms with Crippen LogP contribution >= 0.6 is 0 Å². The average Bonchev–Trinajstić information content (AvgIpc) is 1.80. The maximum absolute atomic E-state index is 10.8. The molecule has 1 unspecified atom stereocenters. The number of hydrogen-bond acceptors (Lipinski definition) is 3. The van der Waals surface area contributed by atoms with Crippen molar-refractivity contribution in [2.45, 2.75) is 12.5 Å². The van der Waals surface area contributed by atoms with E-state index in [4.69, 9.17) is 4.55 Å². The van der Waals surface area contributed by atoms with E-state index in [1.54, 1.807) is 0 Å². The van der Waals surface area contributed by atoms with Gasteiger partial charge in [-0.3, -0.25) is 9.35 Å². The van der Waals surface area contributed by atoms with Crippen molar-refractivity contribution < 1.29 is 47.3 Å². The summed E-state index contributed by atoms with van der Waals surface area (Å²) in [6, 6.07) is 0. The maximum atomic E-state index is 10.8. The molecule has 7 heteroatoms. The number of carbonyl (C=O) groups excluding carboxylic acids is 1. The van der Waals surface area contributed by atoms with Gasteiger partial charge < -0.3 is 12.2 Å². The predicted molar refractivity (Wildman–Crippen MR) is 48.5 cm³/mol. The summed E-state index contributed by atoms with van der Waals surface area (Å²) in [6.07, 6.45) is 0.993. The van der Waals surface area contributed by atoms with Gasteiger partial charge in [-0.15, -0.1) is 0 Å². The number of amides is 1. The summed E-state index contributed by atoms with van der Waals surface area (Å²) in [7, 11) is -4.15. The summed E-state index contributed by atoms with van der Waals surface area (Å²) < 4.78 is 29.4. The van der Waals surface area contributed by atoms with Crippen molar-refractivity contribution in [3.8, 4) is 0 Å². The SMILES string of the molecule is C=CC(=O)NC([CH2-])(C)CS(=O)(=O)O.[Na+]. The largest absolute Gasteiger partial charge is 1.00 e. The molecule has 0 saturated carbocycles. The second-order valence-corrected chi connectivity index (χ2v) is 4.43. The van der Waals surface area contributed by atoms with Crippen molar-refractivity contribution in [1.29, 1.82) is 0 Å². The van der Waals surface area contributed by atoms with E-state index in [0.29, 0.717) is 0 Å². The molecule has 0 aliphatic carbocycles. The quantitative estimate of drug-likeness (QED) is 0.230. The molecule has 1 atom stereocenters. The van der Waals surface area contributed by atoms with Gasteiger partial charge >= 0.3 is 29.6 Å². The molecule has 0 aliphatic heterocycles. The number of rotatable bonds is 4. The third kappa shape index (κ3) is 8.71. The first kappa shape index (κ1) is 16.5. The minimum absolute atomic E-state index is 0. The normalized spacial score (nSPS) is 14.8. The van der Waals surface area contributed by atoms with E-state index in [-0.39, 0.29) is 29.6 Å². The van der Waals surface area contributed by atoms with E-state index in [9.17, 15) is 13.2 Å². The Morgan fingerprint density at radius 1 is 1.71 bits per heavy atom. The van der Waals surface area contributed by atoms with Crippen LogP contribution in [-0.4, -0.2) is 30.2 Å². The topological polar surface area (TPSA) is 83.5 Å². The van der Waals surface area contributed by atoms with Crippen LogP contribution < -0.4 is 34.9 Å². The zero-order chi connectivity index (χ0) is 10.7. The molecular formula is C7H12NNaO4S. The van der Waals surface area contributed by atoms with Crippen LogP contribution in [0.4, 0.5) is 0 Å². The Balaban J connectivity index is 0. The molecule has 5 nitrogen and oxygen atoms in total. The van der Waals surface area contributed by atoms with Gasteiger partial charge in [-0.25, -0.2) is 0 Å². The Bertz CT molecular complexity index is 310. The van der Waals surface area contributed by atoms with Crippen LogP contribution in [0.5, 0.6) is 0 Å². The second-order valence-electron chi connectivity index (χ2n) is 2.98. The summed E-state index contributed by atoms with van der Waals surface area (Å²) in [6.45, 7) is 7.99. The third-order valence-corrected chi connectivity index (χ3v) is 2.11. The Hall–Kier alpha value is 0.120. The Kier molecular flexibility index (Phi) is 6.94. The van der Waals surface area contributed by atoms with Gasteiger partial charge in [-0.1, -0.05) is 19.0 Å². The molecule has 0 radical (unpaired) electrons. The van der Waals surface area contributed by atoms with Gasteiger partial charge in [-0.05, 0) is 6.08 Å². The molecule has 1 amide bonds. The predicted octanol–water partition coefficient (Wildman–Crippen LogP) is -3.23. The smallest absolute Gasteiger partial charge is 0.376 e. The summed E-state index contributed by atoms with van der Waals surface area (Å²) in [5.74, 6) is -1.18. The fourth-order valence-electron chi connectivity index (χ4n) is 0.787. The number of carbonyl (C=O) groups is 1. The van der Waals surface area contributed by atoms with Gasteiger partial charge in [0.1, 0.15) is 0 Å². The Morgan fingerprint density at radius 3 is 2.43 bits per heavy atom. The van der Waals surface area contributed by atoms with Crippen LogP contribution in [0.25, 0.3) is 0 Å². The molecule has 0 aromatic carbocycles. The zero-order valence-corrected chi connectivity index (χ0v) is 11.1. The molecular weight excluding hydrogens is 217 g/mol. The van der Waals surface area contributed by atoms with Crippen LogP contribution in [0.2, 0.25) is 0 Å². The average molecular weight is 229 g/mol. The monoisotopic (exact) mass is 229 g/mol. The van der Waals surface area contributed by atoms with E-state index in [1.165, 1.54) is 6.92 Å². The van der Waals surface area contributed by atoms with Crippen molar-refractivity contribution in [2.75, 3.05) is 5.75 Å². The summed E-state index contributed by atoms with van der Waals surface area (Å²) in [5, 5.41) is 2.26. The van der Waals surface area contributed by atoms with Crippen molar-refractivity contribution in [2.24, 2.45) is 0 Å². The molecule has 0 fully saturated rings. The van der Waals surface area contributed by atoms with Gasteiger partial charge in [0.15, 0.2) is 0 Å². The number of nitrogens with one attached hydrogen (secondary N) is 1. The molecule has 0 bridgehead atoms. The maximum Gasteiger partial charge on any atom is 1.00 e. The molecule has 0 aromatic heterocycles. The van der Waals surface area contributed by atoms with Crippen molar-refractivity contribution in [1.82, 2.24) is 5.32 Å². The van der Waals surface area contributed by atoms with Crippen molar-refractivity contribution in [3.05, 3.63) is 19.6 Å². The molecule has 0 rings (SSSR count). The second kappa shape index (κ2) is 5.87. The van der Waals surface area contributed by atoms with Gasteiger partial charge in [0.05, 0.1) is 5.75 Å². The molecule has 0 heterocycles. The first-order chi connectivity index (χ1) is 5.66. The minimum atomic E-state index is -4.15. The van der Waals surface area contributed by atoms with Crippen LogP contribution in [0.1, 0.15) is 6.92 Å². The Morgan fingerprint density at radius 2 is 2.14 bits per heavy atom. The van der Waals surface area contributed by atoms with E-state index in [0.717, 1.165) is 6.08 Å². The van der Waals surface area contributed by atoms with Crippen LogP contribution in [-0.2, 0) is 14.9 Å². The van der Waals surface area contributed by atoms with Crippen LogP contribution in [0.15, 0.2) is 12.7 Å². The first-order valence-corrected chi connectivity index (χ1v) is 5.02. The zero-order valence-electron chi connectivity index (χ0n) is 8.28. The van der Waals surface area contributed by atoms with E-state index in [1.807, 2.05) is 0 Å². The minimum Gasteiger partial charge on any atom is -0.376 e. The molecule has 0 aliphatic rings. The summed E-state index contributed by atoms with van der Waals surface area (Å²) >= 11 is 0. The molecule has 14 heavy (non-hydrogen) atoms. The van der Waals surface area contributed by atoms with Crippen LogP contribution in [0.3, 0.4) is 0 Å². The van der Waals surface area contributed by atoms with E-state index < -0.39 is 27.3 Å². The van der Waals surface area contributed by atoms with E-state index >= 15 is 0 Å². The summed E-state index contributed by atoms with van der Waals surface area (Å²) in [4.78, 5) is 10.8. The fraction of sp³-hybridized carbons (Fsp3) is 0.429. The van der Waals surface area contributed by atoms with Gasteiger partial charge in [-0.2, -0.15) is 8.42 Å². The van der Waals surface area contributed by atoms with E-state index in [2.05, 4.69) is 18.8 Å². The van der Waals surface area contributed by atoms with Gasteiger partial charge in [0.25, 0.3) is 10.1 Å². The van der Waals surface area contributed by atoms with Crippen LogP contribution in [0, 0.1) is 6.92 Å². The van der Waals surface area contributed by atoms with Gasteiger partial charge in [0, 0.05) is 0 Å². The standard InChI is InChI=1S/C7H12NO4S.Na/c1-4-6(9)8-7(2,3)5-13(10,11)12;/h4H,1-2,5H2,3H3,(H,8,9)(H,10,11,12);/q-1;+1. The van der Waals surface area contributed by atoms with Crippen molar-refractivity contribution in [3.63, 3.8) is 0 Å². The first-order valence-electron chi connectivity index (χ1n) is 3.41. The fourth-order valence-corrected chi connectivity index (χ4v) is 1.66. The molecule has 76 valence electrons. The number of hydrogen-bond donors (Lipinski definition) is 2.